The molecule has 1 aromatic carbocycles. The lowest BCUT2D eigenvalue weighted by Crippen LogP contribution is -1.97. The molecule has 0 aliphatic rings. The fraction of sp³-hybridized carbons (Fsp3) is 0.250. The van der Waals surface area contributed by atoms with Crippen LogP contribution in [0.5, 0.6) is 0 Å². The Balaban J connectivity index is 3.14. The van der Waals surface area contributed by atoms with Crippen LogP contribution in [0.1, 0.15) is 19.4 Å². The Morgan fingerprint density at radius 3 is 2.29 bits per heavy atom. The maximum absolute atomic E-state index is 10.8. The van der Waals surface area contributed by atoms with Gasteiger partial charge in [0.2, 0.25) is 0 Å². The van der Waals surface area contributed by atoms with Gasteiger partial charge in [0.1, 0.15) is 6.29 Å². The Kier molecular flexibility index (Phi) is 3.90. The second kappa shape index (κ2) is 4.97. The van der Waals surface area contributed by atoms with Crippen molar-refractivity contribution in [3.05, 3.63) is 41.5 Å². The lowest BCUT2D eigenvalue weighted by molar-refractivity contribution is -0.105. The van der Waals surface area contributed by atoms with E-state index in [1.807, 2.05) is 44.2 Å². The molecule has 0 saturated carbocycles. The van der Waals surface area contributed by atoms with Crippen LogP contribution in [0.15, 0.2) is 35.9 Å². The first-order valence-corrected chi connectivity index (χ1v) is 4.95. The predicted octanol–water partition coefficient (Wildman–Crippen LogP) is 3.49. The normalized spacial score (nSPS) is 12.6. The van der Waals surface area contributed by atoms with Gasteiger partial charge in [0.05, 0.1) is 5.03 Å². The summed E-state index contributed by atoms with van der Waals surface area (Å²) in [5, 5.41) is 0.551. The Morgan fingerprint density at radius 1 is 1.29 bits per heavy atom. The summed E-state index contributed by atoms with van der Waals surface area (Å²) in [7, 11) is 0. The maximum Gasteiger partial charge on any atom is 0.147 e. The molecule has 0 aromatic heterocycles. The largest absolute Gasteiger partial charge is 0.298 e. The van der Waals surface area contributed by atoms with E-state index in [1.165, 1.54) is 0 Å². The molecular formula is C12H13ClO. The SMILES string of the molecule is CC(C)/C(C=O)=C(/Cl)c1ccccc1. The van der Waals surface area contributed by atoms with Gasteiger partial charge in [-0.1, -0.05) is 55.8 Å². The molecule has 0 radical (unpaired) electrons. The van der Waals surface area contributed by atoms with Gasteiger partial charge in [0.15, 0.2) is 0 Å². The van der Waals surface area contributed by atoms with E-state index in [2.05, 4.69) is 0 Å². The summed E-state index contributed by atoms with van der Waals surface area (Å²) in [6.45, 7) is 3.91. The van der Waals surface area contributed by atoms with E-state index in [-0.39, 0.29) is 5.92 Å². The summed E-state index contributed by atoms with van der Waals surface area (Å²) in [5.41, 5.74) is 1.54. The van der Waals surface area contributed by atoms with Crippen LogP contribution in [0.25, 0.3) is 5.03 Å². The van der Waals surface area contributed by atoms with Gasteiger partial charge in [0, 0.05) is 5.57 Å². The molecule has 0 atom stereocenters. The number of carbonyl (C=O) groups excluding carboxylic acids is 1. The van der Waals surface area contributed by atoms with E-state index >= 15 is 0 Å². The molecule has 2 heteroatoms. The number of hydrogen-bond acceptors (Lipinski definition) is 1. The lowest BCUT2D eigenvalue weighted by atomic mass is 10.0. The van der Waals surface area contributed by atoms with Crippen molar-refractivity contribution < 1.29 is 4.79 Å². The number of aldehydes is 1. The molecule has 1 aromatic rings. The lowest BCUT2D eigenvalue weighted by Gasteiger charge is -2.07. The van der Waals surface area contributed by atoms with Crippen molar-refractivity contribution in [1.82, 2.24) is 0 Å². The monoisotopic (exact) mass is 208 g/mol. The molecule has 14 heavy (non-hydrogen) atoms. The summed E-state index contributed by atoms with van der Waals surface area (Å²) in [4.78, 5) is 10.8. The Morgan fingerprint density at radius 2 is 1.86 bits per heavy atom. The molecule has 0 fully saturated rings. The standard InChI is InChI=1S/C12H13ClO/c1-9(2)11(8-14)12(13)10-6-4-3-5-7-10/h3-9H,1-2H3/b12-11+. The summed E-state index contributed by atoms with van der Waals surface area (Å²) >= 11 is 6.12. The van der Waals surface area contributed by atoms with Crippen LogP contribution >= 0.6 is 11.6 Å². The zero-order valence-electron chi connectivity index (χ0n) is 8.33. The maximum atomic E-state index is 10.8. The molecule has 74 valence electrons. The number of halogens is 1. The third-order valence-electron chi connectivity index (χ3n) is 2.03. The Labute approximate surface area is 89.4 Å². The van der Waals surface area contributed by atoms with E-state index in [1.54, 1.807) is 0 Å². The number of allylic oxidation sites excluding steroid dienone is 1. The first-order chi connectivity index (χ1) is 6.66. The fourth-order valence-corrected chi connectivity index (χ4v) is 1.58. The van der Waals surface area contributed by atoms with Crippen LogP contribution in [-0.4, -0.2) is 6.29 Å². The molecule has 0 heterocycles. The second-order valence-electron chi connectivity index (χ2n) is 3.41. The van der Waals surface area contributed by atoms with Crippen LogP contribution in [0, 0.1) is 5.92 Å². The number of rotatable bonds is 3. The molecule has 1 rings (SSSR count). The minimum Gasteiger partial charge on any atom is -0.298 e. The topological polar surface area (TPSA) is 17.1 Å². The summed E-state index contributed by atoms with van der Waals surface area (Å²) < 4.78 is 0. The average molecular weight is 209 g/mol. The van der Waals surface area contributed by atoms with E-state index in [4.69, 9.17) is 11.6 Å². The Bertz CT molecular complexity index is 339. The minimum absolute atomic E-state index is 0.153. The van der Waals surface area contributed by atoms with Gasteiger partial charge >= 0.3 is 0 Å². The van der Waals surface area contributed by atoms with Crippen molar-refractivity contribution in [1.29, 1.82) is 0 Å². The summed E-state index contributed by atoms with van der Waals surface area (Å²) in [6.07, 6.45) is 0.833. The van der Waals surface area contributed by atoms with Gasteiger partial charge < -0.3 is 0 Å². The van der Waals surface area contributed by atoms with Gasteiger partial charge in [0.25, 0.3) is 0 Å². The van der Waals surface area contributed by atoms with E-state index < -0.39 is 0 Å². The number of hydrogen-bond donors (Lipinski definition) is 0. The molecule has 0 aliphatic heterocycles. The third kappa shape index (κ3) is 2.46. The van der Waals surface area contributed by atoms with Gasteiger partial charge in [-0.2, -0.15) is 0 Å². The van der Waals surface area contributed by atoms with E-state index in [9.17, 15) is 4.79 Å². The number of carbonyl (C=O) groups is 1. The molecule has 0 unspecified atom stereocenters. The van der Waals surface area contributed by atoms with Crippen molar-refractivity contribution in [2.45, 2.75) is 13.8 Å². The molecule has 0 aliphatic carbocycles. The van der Waals surface area contributed by atoms with Crippen molar-refractivity contribution in [2.24, 2.45) is 5.92 Å². The fourth-order valence-electron chi connectivity index (χ4n) is 1.19. The van der Waals surface area contributed by atoms with E-state index in [0.29, 0.717) is 10.6 Å². The first-order valence-electron chi connectivity index (χ1n) is 4.57. The van der Waals surface area contributed by atoms with Gasteiger partial charge in [-0.05, 0) is 11.5 Å². The highest BCUT2D eigenvalue weighted by molar-refractivity contribution is 6.50. The molecule has 0 saturated heterocycles. The van der Waals surface area contributed by atoms with Crippen molar-refractivity contribution in [3.63, 3.8) is 0 Å². The average Bonchev–Trinajstić information content (AvgIpc) is 2.19. The van der Waals surface area contributed by atoms with Crippen molar-refractivity contribution in [2.75, 3.05) is 0 Å². The molecule has 0 bridgehead atoms. The molecule has 0 spiro atoms. The van der Waals surface area contributed by atoms with Crippen molar-refractivity contribution >= 4 is 22.9 Å². The van der Waals surface area contributed by atoms with Crippen LogP contribution < -0.4 is 0 Å². The highest BCUT2D eigenvalue weighted by Crippen LogP contribution is 2.25. The van der Waals surface area contributed by atoms with Crippen LogP contribution in [0.4, 0.5) is 0 Å². The minimum atomic E-state index is 0.153. The van der Waals surface area contributed by atoms with Gasteiger partial charge in [-0.15, -0.1) is 0 Å². The smallest absolute Gasteiger partial charge is 0.147 e. The Hall–Kier alpha value is -1.08. The highest BCUT2D eigenvalue weighted by Gasteiger charge is 2.09. The van der Waals surface area contributed by atoms with Gasteiger partial charge in [-0.3, -0.25) is 4.79 Å². The summed E-state index contributed by atoms with van der Waals surface area (Å²) in [6, 6.07) is 9.52. The third-order valence-corrected chi connectivity index (χ3v) is 2.47. The van der Waals surface area contributed by atoms with Gasteiger partial charge in [-0.25, -0.2) is 0 Å². The quantitative estimate of drug-likeness (QED) is 0.549. The zero-order chi connectivity index (χ0) is 10.6. The summed E-state index contributed by atoms with van der Waals surface area (Å²) in [5.74, 6) is 0.153. The second-order valence-corrected chi connectivity index (χ2v) is 3.79. The molecular weight excluding hydrogens is 196 g/mol. The van der Waals surface area contributed by atoms with Crippen LogP contribution in [-0.2, 0) is 4.79 Å². The van der Waals surface area contributed by atoms with Crippen molar-refractivity contribution in [3.8, 4) is 0 Å². The molecule has 0 amide bonds. The molecule has 1 nitrogen and oxygen atoms in total. The predicted molar refractivity (Wildman–Crippen MR) is 60.1 cm³/mol. The zero-order valence-corrected chi connectivity index (χ0v) is 9.08. The van der Waals surface area contributed by atoms with E-state index in [0.717, 1.165) is 11.8 Å². The number of benzene rings is 1. The highest BCUT2D eigenvalue weighted by atomic mass is 35.5. The van der Waals surface area contributed by atoms with Crippen LogP contribution in [0.3, 0.4) is 0 Å². The molecule has 0 N–H and O–H groups in total. The van der Waals surface area contributed by atoms with Crippen LogP contribution in [0.2, 0.25) is 0 Å². The first kappa shape index (κ1) is 11.0.